The Hall–Kier alpha value is -4.34. The number of aromatic nitrogens is 2. The number of carbonyl (C=O) groups is 2. The first-order chi connectivity index (χ1) is 16.0. The number of methoxy groups -OCH3 is 3. The molecule has 0 bridgehead atoms. The quantitative estimate of drug-likeness (QED) is 0.481. The highest BCUT2D eigenvalue weighted by molar-refractivity contribution is 6.00. The highest BCUT2D eigenvalue weighted by Gasteiger charge is 2.18. The van der Waals surface area contributed by atoms with Crippen LogP contribution in [0.5, 0.6) is 23.0 Å². The molecule has 2 amide bonds. The van der Waals surface area contributed by atoms with Gasteiger partial charge in [0.25, 0.3) is 5.91 Å². The molecule has 172 valence electrons. The van der Waals surface area contributed by atoms with Crippen molar-refractivity contribution in [3.05, 3.63) is 66.1 Å². The molecule has 3 aromatic rings. The Labute approximate surface area is 190 Å². The van der Waals surface area contributed by atoms with E-state index in [-0.39, 0.29) is 24.5 Å². The van der Waals surface area contributed by atoms with E-state index in [0.29, 0.717) is 23.0 Å². The highest BCUT2D eigenvalue weighted by Crippen LogP contribution is 2.38. The van der Waals surface area contributed by atoms with Gasteiger partial charge < -0.3 is 29.6 Å². The average molecular weight is 452 g/mol. The number of nitrogens with zero attached hydrogens (tertiary/aromatic N) is 2. The summed E-state index contributed by atoms with van der Waals surface area (Å²) in [4.78, 5) is 33.1. The van der Waals surface area contributed by atoms with Gasteiger partial charge in [0.05, 0.1) is 27.9 Å². The smallest absolute Gasteiger partial charge is 0.251 e. The molecule has 10 heteroatoms. The molecule has 0 aliphatic heterocycles. The van der Waals surface area contributed by atoms with Crippen LogP contribution in [0.4, 0.5) is 5.82 Å². The predicted molar refractivity (Wildman–Crippen MR) is 120 cm³/mol. The van der Waals surface area contributed by atoms with Crippen LogP contribution in [0.15, 0.2) is 55.0 Å². The van der Waals surface area contributed by atoms with Crippen LogP contribution in [0.3, 0.4) is 0 Å². The predicted octanol–water partition coefficient (Wildman–Crippen LogP) is 2.45. The van der Waals surface area contributed by atoms with Crippen molar-refractivity contribution in [2.75, 3.05) is 33.2 Å². The van der Waals surface area contributed by atoms with Gasteiger partial charge in [-0.15, -0.1) is 0 Å². The molecular formula is C23H24N4O6. The number of rotatable bonds is 10. The van der Waals surface area contributed by atoms with Gasteiger partial charge in [0.15, 0.2) is 23.1 Å². The van der Waals surface area contributed by atoms with Crippen LogP contribution in [-0.4, -0.2) is 49.7 Å². The first-order valence-corrected chi connectivity index (χ1v) is 9.90. The van der Waals surface area contributed by atoms with Gasteiger partial charge in [-0.1, -0.05) is 0 Å². The van der Waals surface area contributed by atoms with E-state index in [1.807, 2.05) is 12.1 Å². The Kier molecular flexibility index (Phi) is 8.01. The second kappa shape index (κ2) is 11.3. The maximum atomic E-state index is 12.6. The van der Waals surface area contributed by atoms with Crippen LogP contribution < -0.4 is 29.6 Å². The Morgan fingerprint density at radius 3 is 2.24 bits per heavy atom. The number of pyridine rings is 2. The van der Waals surface area contributed by atoms with Crippen LogP contribution >= 0.6 is 0 Å². The number of nitrogens with one attached hydrogen (secondary N) is 2. The van der Waals surface area contributed by atoms with Gasteiger partial charge in [-0.05, 0) is 42.0 Å². The summed E-state index contributed by atoms with van der Waals surface area (Å²) in [5.41, 5.74) is 1.17. The van der Waals surface area contributed by atoms with Gasteiger partial charge in [0.2, 0.25) is 11.7 Å². The van der Waals surface area contributed by atoms with Crippen LogP contribution in [-0.2, 0) is 11.4 Å². The molecular weight excluding hydrogens is 428 g/mol. The lowest BCUT2D eigenvalue weighted by Gasteiger charge is -2.14. The number of anilines is 1. The number of hydrogen-bond acceptors (Lipinski definition) is 8. The molecule has 3 rings (SSSR count). The summed E-state index contributed by atoms with van der Waals surface area (Å²) in [7, 11) is 4.37. The molecule has 2 aromatic heterocycles. The fourth-order valence-electron chi connectivity index (χ4n) is 2.89. The maximum absolute atomic E-state index is 12.6. The molecule has 2 N–H and O–H groups in total. The molecule has 0 radical (unpaired) electrons. The second-order valence-electron chi connectivity index (χ2n) is 6.64. The van der Waals surface area contributed by atoms with Crippen LogP contribution in [0.2, 0.25) is 0 Å². The van der Waals surface area contributed by atoms with E-state index in [9.17, 15) is 9.59 Å². The molecule has 2 heterocycles. The number of amides is 2. The van der Waals surface area contributed by atoms with Crippen molar-refractivity contribution in [1.29, 1.82) is 0 Å². The zero-order valence-corrected chi connectivity index (χ0v) is 18.5. The van der Waals surface area contributed by atoms with Crippen molar-refractivity contribution in [2.24, 2.45) is 0 Å². The largest absolute Gasteiger partial charge is 0.493 e. The van der Waals surface area contributed by atoms with E-state index < -0.39 is 11.8 Å². The number of carbonyl (C=O) groups excluding carboxylic acids is 2. The van der Waals surface area contributed by atoms with E-state index in [2.05, 4.69) is 20.6 Å². The second-order valence-corrected chi connectivity index (χ2v) is 6.64. The summed E-state index contributed by atoms with van der Waals surface area (Å²) in [6.45, 7) is 0.00478. The highest BCUT2D eigenvalue weighted by atomic mass is 16.5. The van der Waals surface area contributed by atoms with E-state index >= 15 is 0 Å². The van der Waals surface area contributed by atoms with Crippen molar-refractivity contribution < 1.29 is 28.5 Å². The molecule has 0 saturated carbocycles. The number of benzene rings is 1. The third-order valence-corrected chi connectivity index (χ3v) is 4.51. The molecule has 0 unspecified atom stereocenters. The minimum absolute atomic E-state index is 0.247. The summed E-state index contributed by atoms with van der Waals surface area (Å²) in [6, 6.07) is 10.0. The lowest BCUT2D eigenvalue weighted by molar-refractivity contribution is -0.115. The van der Waals surface area contributed by atoms with Crippen LogP contribution in [0, 0.1) is 0 Å². The van der Waals surface area contributed by atoms with Gasteiger partial charge in [0, 0.05) is 24.2 Å². The van der Waals surface area contributed by atoms with Crippen molar-refractivity contribution in [2.45, 2.75) is 6.61 Å². The third kappa shape index (κ3) is 6.10. The Balaban J connectivity index is 1.61. The molecule has 0 saturated heterocycles. The summed E-state index contributed by atoms with van der Waals surface area (Å²) >= 11 is 0. The molecule has 0 fully saturated rings. The zero-order valence-electron chi connectivity index (χ0n) is 18.5. The van der Waals surface area contributed by atoms with E-state index in [4.69, 9.17) is 18.9 Å². The van der Waals surface area contributed by atoms with Crippen molar-refractivity contribution >= 4 is 17.6 Å². The van der Waals surface area contributed by atoms with Crippen LogP contribution in [0.25, 0.3) is 0 Å². The molecule has 0 aliphatic rings. The SMILES string of the molecule is COc1cc(C(=O)NCC(=O)Nc2ncccc2OCc2ccncc2)cc(OC)c1OC. The van der Waals surface area contributed by atoms with Gasteiger partial charge in [-0.2, -0.15) is 0 Å². The van der Waals surface area contributed by atoms with Crippen molar-refractivity contribution in [1.82, 2.24) is 15.3 Å². The number of hydrogen-bond donors (Lipinski definition) is 2. The fourth-order valence-corrected chi connectivity index (χ4v) is 2.89. The molecule has 1 aromatic carbocycles. The van der Waals surface area contributed by atoms with Crippen LogP contribution in [0.1, 0.15) is 15.9 Å². The molecule has 0 aliphatic carbocycles. The summed E-state index contributed by atoms with van der Waals surface area (Å²) in [5, 5.41) is 5.20. The zero-order chi connectivity index (χ0) is 23.6. The summed E-state index contributed by atoms with van der Waals surface area (Å²) in [5.74, 6) is 0.718. The maximum Gasteiger partial charge on any atom is 0.251 e. The first kappa shape index (κ1) is 23.3. The molecule has 0 spiro atoms. The summed E-state index contributed by atoms with van der Waals surface area (Å²) < 4.78 is 21.5. The minimum Gasteiger partial charge on any atom is -0.493 e. The van der Waals surface area contributed by atoms with Crippen molar-refractivity contribution in [3.63, 3.8) is 0 Å². The standard InChI is InChI=1S/C23H24N4O6/c1-30-18-11-16(12-19(31-2)21(18)32-3)23(29)26-13-20(28)27-22-17(5-4-8-25-22)33-14-15-6-9-24-10-7-15/h4-12H,13-14H2,1-3H3,(H,26,29)(H,25,27,28). The number of ether oxygens (including phenoxy) is 4. The third-order valence-electron chi connectivity index (χ3n) is 4.51. The lowest BCUT2D eigenvalue weighted by Crippen LogP contribution is -2.33. The summed E-state index contributed by atoms with van der Waals surface area (Å²) in [6.07, 6.45) is 4.87. The Morgan fingerprint density at radius 2 is 1.61 bits per heavy atom. The van der Waals surface area contributed by atoms with Gasteiger partial charge in [0.1, 0.15) is 6.61 Å². The van der Waals surface area contributed by atoms with E-state index in [0.717, 1.165) is 5.56 Å². The topological polar surface area (TPSA) is 121 Å². The normalized spacial score (nSPS) is 10.2. The Bertz CT molecular complexity index is 1080. The van der Waals surface area contributed by atoms with Crippen molar-refractivity contribution in [3.8, 4) is 23.0 Å². The fraction of sp³-hybridized carbons (Fsp3) is 0.217. The van der Waals surface area contributed by atoms with Gasteiger partial charge in [-0.25, -0.2) is 4.98 Å². The van der Waals surface area contributed by atoms with Gasteiger partial charge in [-0.3, -0.25) is 14.6 Å². The average Bonchev–Trinajstić information content (AvgIpc) is 2.86. The first-order valence-electron chi connectivity index (χ1n) is 9.90. The van der Waals surface area contributed by atoms with E-state index in [1.165, 1.54) is 39.7 Å². The lowest BCUT2D eigenvalue weighted by atomic mass is 10.1. The minimum atomic E-state index is -0.486. The Morgan fingerprint density at radius 1 is 0.909 bits per heavy atom. The molecule has 10 nitrogen and oxygen atoms in total. The monoisotopic (exact) mass is 452 g/mol. The molecule has 0 atom stereocenters. The van der Waals surface area contributed by atoms with E-state index in [1.54, 1.807) is 24.5 Å². The molecule has 33 heavy (non-hydrogen) atoms. The van der Waals surface area contributed by atoms with Gasteiger partial charge >= 0.3 is 0 Å².